The van der Waals surface area contributed by atoms with E-state index in [1.165, 1.54) is 0 Å². The third-order valence-corrected chi connectivity index (χ3v) is 3.76. The minimum absolute atomic E-state index is 0.157. The van der Waals surface area contributed by atoms with E-state index >= 15 is 0 Å². The molecule has 19 heavy (non-hydrogen) atoms. The summed E-state index contributed by atoms with van der Waals surface area (Å²) >= 11 is 0. The van der Waals surface area contributed by atoms with Crippen LogP contribution in [0, 0.1) is 0 Å². The summed E-state index contributed by atoms with van der Waals surface area (Å²) in [6.45, 7) is 2.48. The summed E-state index contributed by atoms with van der Waals surface area (Å²) in [4.78, 5) is 12.5. The summed E-state index contributed by atoms with van der Waals surface area (Å²) in [7, 11) is 0. The Bertz CT molecular complexity index is 431. The average Bonchev–Trinajstić information content (AvgIpc) is 2.64. The number of aliphatic hydroxyl groups is 1. The van der Waals surface area contributed by atoms with Gasteiger partial charge in [-0.05, 0) is 31.9 Å². The number of carbonyl (C=O) groups is 1. The van der Waals surface area contributed by atoms with Gasteiger partial charge in [0.1, 0.15) is 11.4 Å². The Morgan fingerprint density at radius 3 is 2.58 bits per heavy atom. The van der Waals surface area contributed by atoms with Crippen molar-refractivity contribution < 1.29 is 14.6 Å². The topological polar surface area (TPSA) is 46.5 Å². The third-order valence-electron chi connectivity index (χ3n) is 3.76. The SMILES string of the molecule is CCOc1cccc(C(=O)C2(O)CCCCCC2)c1. The number of carbonyl (C=O) groups excluding carboxylic acids is 1. The molecule has 1 aromatic carbocycles. The van der Waals surface area contributed by atoms with Crippen molar-refractivity contribution in [2.75, 3.05) is 6.61 Å². The molecule has 0 radical (unpaired) electrons. The molecular formula is C16H22O3. The summed E-state index contributed by atoms with van der Waals surface area (Å²) in [6.07, 6.45) is 5.21. The van der Waals surface area contributed by atoms with Gasteiger partial charge in [-0.1, -0.05) is 37.8 Å². The van der Waals surface area contributed by atoms with E-state index in [1.807, 2.05) is 13.0 Å². The van der Waals surface area contributed by atoms with Crippen molar-refractivity contribution >= 4 is 5.78 Å². The number of ether oxygens (including phenoxy) is 1. The summed E-state index contributed by atoms with van der Waals surface area (Å²) in [6, 6.07) is 7.12. The summed E-state index contributed by atoms with van der Waals surface area (Å²) in [5.41, 5.74) is -0.628. The first-order valence-electron chi connectivity index (χ1n) is 7.16. The highest BCUT2D eigenvalue weighted by Gasteiger charge is 2.36. The van der Waals surface area contributed by atoms with Crippen LogP contribution in [0.4, 0.5) is 0 Å². The number of hydrogen-bond donors (Lipinski definition) is 1. The van der Waals surface area contributed by atoms with Crippen LogP contribution in [0.15, 0.2) is 24.3 Å². The largest absolute Gasteiger partial charge is 0.494 e. The molecule has 0 amide bonds. The molecule has 0 unspecified atom stereocenters. The molecule has 0 aromatic heterocycles. The van der Waals surface area contributed by atoms with Crippen LogP contribution in [-0.4, -0.2) is 23.1 Å². The first-order chi connectivity index (χ1) is 9.15. The van der Waals surface area contributed by atoms with Gasteiger partial charge in [0, 0.05) is 5.56 Å². The van der Waals surface area contributed by atoms with Gasteiger partial charge < -0.3 is 9.84 Å². The van der Waals surface area contributed by atoms with Crippen LogP contribution in [0.1, 0.15) is 55.8 Å². The highest BCUT2D eigenvalue weighted by atomic mass is 16.5. The lowest BCUT2D eigenvalue weighted by Crippen LogP contribution is -2.38. The average molecular weight is 262 g/mol. The molecule has 0 spiro atoms. The number of ketones is 1. The number of Topliss-reactive ketones (excluding diaryl/α,β-unsaturated/α-hetero) is 1. The minimum Gasteiger partial charge on any atom is -0.494 e. The van der Waals surface area contributed by atoms with Gasteiger partial charge in [0.15, 0.2) is 5.78 Å². The van der Waals surface area contributed by atoms with Crippen LogP contribution < -0.4 is 4.74 Å². The summed E-state index contributed by atoms with van der Waals surface area (Å²) in [5.74, 6) is 0.529. The maximum absolute atomic E-state index is 12.5. The van der Waals surface area contributed by atoms with E-state index in [9.17, 15) is 9.90 Å². The molecule has 1 aliphatic carbocycles. The van der Waals surface area contributed by atoms with Gasteiger partial charge in [0.05, 0.1) is 6.61 Å². The van der Waals surface area contributed by atoms with Gasteiger partial charge in [-0.3, -0.25) is 4.79 Å². The van der Waals surface area contributed by atoms with E-state index in [0.29, 0.717) is 30.8 Å². The quantitative estimate of drug-likeness (QED) is 0.668. The van der Waals surface area contributed by atoms with Crippen LogP contribution in [-0.2, 0) is 0 Å². The molecule has 1 aliphatic rings. The Morgan fingerprint density at radius 1 is 1.26 bits per heavy atom. The molecule has 0 aliphatic heterocycles. The van der Waals surface area contributed by atoms with Crippen molar-refractivity contribution in [1.82, 2.24) is 0 Å². The zero-order valence-corrected chi connectivity index (χ0v) is 11.5. The molecular weight excluding hydrogens is 240 g/mol. The highest BCUT2D eigenvalue weighted by Crippen LogP contribution is 2.30. The Hall–Kier alpha value is -1.35. The molecule has 3 nitrogen and oxygen atoms in total. The van der Waals surface area contributed by atoms with Crippen molar-refractivity contribution in [1.29, 1.82) is 0 Å². The Kier molecular flexibility index (Phi) is 4.59. The van der Waals surface area contributed by atoms with Crippen LogP contribution in [0.25, 0.3) is 0 Å². The van der Waals surface area contributed by atoms with Gasteiger partial charge in [-0.15, -0.1) is 0 Å². The van der Waals surface area contributed by atoms with E-state index in [1.54, 1.807) is 18.2 Å². The Labute approximate surface area is 114 Å². The summed E-state index contributed by atoms with van der Waals surface area (Å²) < 4.78 is 5.41. The molecule has 1 fully saturated rings. The van der Waals surface area contributed by atoms with Crippen molar-refractivity contribution in [2.45, 2.75) is 51.0 Å². The second-order valence-corrected chi connectivity index (χ2v) is 5.24. The van der Waals surface area contributed by atoms with E-state index < -0.39 is 5.60 Å². The molecule has 1 aromatic rings. The number of benzene rings is 1. The van der Waals surface area contributed by atoms with Crippen LogP contribution in [0.2, 0.25) is 0 Å². The lowest BCUT2D eigenvalue weighted by Gasteiger charge is -2.25. The second-order valence-electron chi connectivity index (χ2n) is 5.24. The smallest absolute Gasteiger partial charge is 0.194 e. The highest BCUT2D eigenvalue weighted by molar-refractivity contribution is 6.02. The van der Waals surface area contributed by atoms with Crippen molar-refractivity contribution in [3.63, 3.8) is 0 Å². The van der Waals surface area contributed by atoms with Gasteiger partial charge in [0.2, 0.25) is 0 Å². The molecule has 0 saturated heterocycles. The minimum atomic E-state index is -1.18. The lowest BCUT2D eigenvalue weighted by molar-refractivity contribution is 0.0238. The molecule has 0 heterocycles. The molecule has 104 valence electrons. The van der Waals surface area contributed by atoms with Gasteiger partial charge >= 0.3 is 0 Å². The zero-order chi connectivity index (χ0) is 13.7. The fourth-order valence-electron chi connectivity index (χ4n) is 2.70. The fraction of sp³-hybridized carbons (Fsp3) is 0.562. The first kappa shape index (κ1) is 14.1. The Balaban J connectivity index is 2.19. The van der Waals surface area contributed by atoms with E-state index in [-0.39, 0.29) is 5.78 Å². The van der Waals surface area contributed by atoms with Gasteiger partial charge in [-0.2, -0.15) is 0 Å². The molecule has 0 bridgehead atoms. The first-order valence-corrected chi connectivity index (χ1v) is 7.16. The normalized spacial score (nSPS) is 18.6. The van der Waals surface area contributed by atoms with Crippen molar-refractivity contribution in [2.24, 2.45) is 0 Å². The standard InChI is InChI=1S/C16H22O3/c1-2-19-14-9-7-8-13(12-14)15(17)16(18)10-5-3-4-6-11-16/h7-9,12,18H,2-6,10-11H2,1H3. The molecule has 0 atom stereocenters. The predicted octanol–water partition coefficient (Wildman–Crippen LogP) is 3.35. The molecule has 1 saturated carbocycles. The van der Waals surface area contributed by atoms with Crippen LogP contribution in [0.5, 0.6) is 5.75 Å². The van der Waals surface area contributed by atoms with Gasteiger partial charge in [0.25, 0.3) is 0 Å². The van der Waals surface area contributed by atoms with E-state index in [0.717, 1.165) is 25.7 Å². The van der Waals surface area contributed by atoms with E-state index in [4.69, 9.17) is 4.74 Å². The van der Waals surface area contributed by atoms with Gasteiger partial charge in [-0.25, -0.2) is 0 Å². The monoisotopic (exact) mass is 262 g/mol. The summed E-state index contributed by atoms with van der Waals surface area (Å²) in [5, 5.41) is 10.6. The maximum Gasteiger partial charge on any atom is 0.194 e. The van der Waals surface area contributed by atoms with Crippen molar-refractivity contribution in [3.05, 3.63) is 29.8 Å². The fourth-order valence-corrected chi connectivity index (χ4v) is 2.70. The third kappa shape index (κ3) is 3.35. The lowest BCUT2D eigenvalue weighted by atomic mass is 9.86. The predicted molar refractivity (Wildman–Crippen MR) is 74.6 cm³/mol. The van der Waals surface area contributed by atoms with E-state index in [2.05, 4.69) is 0 Å². The molecule has 2 rings (SSSR count). The number of rotatable bonds is 4. The van der Waals surface area contributed by atoms with Crippen LogP contribution >= 0.6 is 0 Å². The second kappa shape index (κ2) is 6.20. The zero-order valence-electron chi connectivity index (χ0n) is 11.5. The van der Waals surface area contributed by atoms with Crippen LogP contribution in [0.3, 0.4) is 0 Å². The number of hydrogen-bond acceptors (Lipinski definition) is 3. The maximum atomic E-state index is 12.5. The Morgan fingerprint density at radius 2 is 1.95 bits per heavy atom. The molecule has 3 heteroatoms. The molecule has 1 N–H and O–H groups in total. The van der Waals surface area contributed by atoms with Crippen molar-refractivity contribution in [3.8, 4) is 5.75 Å².